The third kappa shape index (κ3) is 4.28. The summed E-state index contributed by atoms with van der Waals surface area (Å²) in [7, 11) is 0. The molecule has 1 N–H and O–H groups in total. The van der Waals surface area contributed by atoms with Gasteiger partial charge in [-0.25, -0.2) is 4.39 Å². The molecule has 1 heterocycles. The highest BCUT2D eigenvalue weighted by atomic mass is 35.5. The molecule has 3 aromatic carbocycles. The first kappa shape index (κ1) is 19.9. The monoisotopic (exact) mass is 424 g/mol. The van der Waals surface area contributed by atoms with Crippen molar-refractivity contribution < 1.29 is 18.7 Å². The van der Waals surface area contributed by atoms with Crippen LogP contribution in [0.3, 0.4) is 0 Å². The lowest BCUT2D eigenvalue weighted by Gasteiger charge is -2.30. The molecule has 30 heavy (non-hydrogen) atoms. The largest absolute Gasteiger partial charge is 0.484 e. The van der Waals surface area contributed by atoms with E-state index in [2.05, 4.69) is 5.32 Å². The van der Waals surface area contributed by atoms with Crippen LogP contribution in [0.15, 0.2) is 72.8 Å². The SMILES string of the molecule is O=C1CN(C(=O)COc2ccc(Cl)cc2)[C@H](c2ccccc2)c2cc(F)ccc2N1. The molecular weight excluding hydrogens is 407 g/mol. The Morgan fingerprint density at radius 1 is 1.10 bits per heavy atom. The summed E-state index contributed by atoms with van der Waals surface area (Å²) in [6.07, 6.45) is 0. The molecule has 2 amide bonds. The minimum absolute atomic E-state index is 0.182. The van der Waals surface area contributed by atoms with Gasteiger partial charge in [-0.1, -0.05) is 41.9 Å². The van der Waals surface area contributed by atoms with E-state index in [1.54, 1.807) is 24.3 Å². The van der Waals surface area contributed by atoms with Crippen molar-refractivity contribution in [1.29, 1.82) is 0 Å². The minimum Gasteiger partial charge on any atom is -0.484 e. The molecule has 0 aromatic heterocycles. The zero-order chi connectivity index (χ0) is 21.1. The summed E-state index contributed by atoms with van der Waals surface area (Å²) < 4.78 is 19.7. The van der Waals surface area contributed by atoms with Crippen molar-refractivity contribution in [2.75, 3.05) is 18.5 Å². The number of hydrogen-bond acceptors (Lipinski definition) is 3. The molecule has 0 spiro atoms. The van der Waals surface area contributed by atoms with Gasteiger partial charge in [0, 0.05) is 16.3 Å². The second-order valence-corrected chi connectivity index (χ2v) is 7.29. The second kappa shape index (κ2) is 8.55. The molecule has 0 fully saturated rings. The van der Waals surface area contributed by atoms with Crippen molar-refractivity contribution in [3.05, 3.63) is 94.8 Å². The van der Waals surface area contributed by atoms with Gasteiger partial charge in [-0.2, -0.15) is 0 Å². The van der Waals surface area contributed by atoms with Crippen molar-refractivity contribution in [3.63, 3.8) is 0 Å². The van der Waals surface area contributed by atoms with Gasteiger partial charge in [0.2, 0.25) is 5.91 Å². The number of nitrogens with one attached hydrogen (secondary N) is 1. The fourth-order valence-corrected chi connectivity index (χ4v) is 3.59. The molecule has 0 unspecified atom stereocenters. The average molecular weight is 425 g/mol. The number of benzene rings is 3. The van der Waals surface area contributed by atoms with Crippen LogP contribution in [0, 0.1) is 5.82 Å². The van der Waals surface area contributed by atoms with Crippen molar-refractivity contribution in [2.45, 2.75) is 6.04 Å². The van der Waals surface area contributed by atoms with E-state index < -0.39 is 17.8 Å². The number of carbonyl (C=O) groups excluding carboxylic acids is 2. The molecule has 1 aliphatic rings. The summed E-state index contributed by atoms with van der Waals surface area (Å²) in [6.45, 7) is -0.457. The Kier molecular flexibility index (Phi) is 5.68. The van der Waals surface area contributed by atoms with Gasteiger partial charge in [0.1, 0.15) is 18.1 Å². The molecule has 0 aliphatic carbocycles. The first-order chi connectivity index (χ1) is 14.5. The number of halogens is 2. The molecular formula is C23H18ClFN2O3. The van der Waals surface area contributed by atoms with Crippen LogP contribution >= 0.6 is 11.6 Å². The van der Waals surface area contributed by atoms with E-state index in [0.29, 0.717) is 22.0 Å². The number of hydrogen-bond donors (Lipinski definition) is 1. The van der Waals surface area contributed by atoms with Crippen LogP contribution in [-0.2, 0) is 9.59 Å². The number of fused-ring (bicyclic) bond motifs is 1. The lowest BCUT2D eigenvalue weighted by Crippen LogP contribution is -2.41. The van der Waals surface area contributed by atoms with Gasteiger partial charge >= 0.3 is 0 Å². The minimum atomic E-state index is -0.642. The molecule has 0 radical (unpaired) electrons. The number of anilines is 1. The Morgan fingerprint density at radius 3 is 2.57 bits per heavy atom. The van der Waals surface area contributed by atoms with Crippen LogP contribution in [-0.4, -0.2) is 29.9 Å². The maximum atomic E-state index is 14.1. The van der Waals surface area contributed by atoms with Crippen LogP contribution in [0.1, 0.15) is 17.2 Å². The predicted molar refractivity (Wildman–Crippen MR) is 112 cm³/mol. The third-order valence-electron chi connectivity index (χ3n) is 4.82. The van der Waals surface area contributed by atoms with Crippen LogP contribution in [0.2, 0.25) is 5.02 Å². The molecule has 1 atom stereocenters. The first-order valence-electron chi connectivity index (χ1n) is 9.33. The van der Waals surface area contributed by atoms with Gasteiger partial charge in [-0.15, -0.1) is 0 Å². The van der Waals surface area contributed by atoms with Crippen LogP contribution < -0.4 is 10.1 Å². The highest BCUT2D eigenvalue weighted by Gasteiger charge is 2.33. The summed E-state index contributed by atoms with van der Waals surface area (Å²) in [5, 5.41) is 3.32. The predicted octanol–water partition coefficient (Wildman–Crippen LogP) is 4.43. The first-order valence-corrected chi connectivity index (χ1v) is 9.71. The number of rotatable bonds is 4. The number of nitrogens with zero attached hydrogens (tertiary/aromatic N) is 1. The van der Waals surface area contributed by atoms with E-state index >= 15 is 0 Å². The van der Waals surface area contributed by atoms with Gasteiger partial charge < -0.3 is 15.0 Å². The van der Waals surface area contributed by atoms with Gasteiger partial charge in [0.15, 0.2) is 6.61 Å². The maximum absolute atomic E-state index is 14.1. The van der Waals surface area contributed by atoms with Crippen LogP contribution in [0.4, 0.5) is 10.1 Å². The van der Waals surface area contributed by atoms with Crippen molar-refractivity contribution in [3.8, 4) is 5.75 Å². The quantitative estimate of drug-likeness (QED) is 0.674. The lowest BCUT2D eigenvalue weighted by atomic mass is 9.95. The molecule has 3 aromatic rings. The molecule has 0 saturated heterocycles. The fraction of sp³-hybridized carbons (Fsp3) is 0.130. The number of amides is 2. The van der Waals surface area contributed by atoms with E-state index in [1.165, 1.54) is 23.1 Å². The second-order valence-electron chi connectivity index (χ2n) is 6.86. The Hall–Kier alpha value is -3.38. The Morgan fingerprint density at radius 2 is 1.83 bits per heavy atom. The van der Waals surface area contributed by atoms with Gasteiger partial charge in [0.05, 0.1) is 6.04 Å². The summed E-state index contributed by atoms with van der Waals surface area (Å²) in [4.78, 5) is 27.0. The van der Waals surface area contributed by atoms with E-state index in [-0.39, 0.29) is 19.1 Å². The molecule has 7 heteroatoms. The fourth-order valence-electron chi connectivity index (χ4n) is 3.46. The highest BCUT2D eigenvalue weighted by Crippen LogP contribution is 2.36. The normalized spacial score (nSPS) is 15.7. The Balaban J connectivity index is 1.69. The van der Waals surface area contributed by atoms with Gasteiger partial charge in [-0.3, -0.25) is 9.59 Å². The Labute approximate surface area is 178 Å². The zero-order valence-corrected chi connectivity index (χ0v) is 16.6. The molecule has 4 rings (SSSR count). The molecule has 152 valence electrons. The van der Waals surface area contributed by atoms with Gasteiger partial charge in [0.25, 0.3) is 5.91 Å². The van der Waals surface area contributed by atoms with Crippen LogP contribution in [0.25, 0.3) is 0 Å². The third-order valence-corrected chi connectivity index (χ3v) is 5.07. The number of ether oxygens (including phenoxy) is 1. The molecule has 0 saturated carbocycles. The zero-order valence-electron chi connectivity index (χ0n) is 15.8. The average Bonchev–Trinajstić information content (AvgIpc) is 2.89. The van der Waals surface area contributed by atoms with E-state index in [1.807, 2.05) is 30.3 Å². The van der Waals surface area contributed by atoms with Gasteiger partial charge in [-0.05, 0) is 48.0 Å². The molecule has 1 aliphatic heterocycles. The molecule has 5 nitrogen and oxygen atoms in total. The van der Waals surface area contributed by atoms with Crippen molar-refractivity contribution in [1.82, 2.24) is 4.90 Å². The Bertz CT molecular complexity index is 1070. The highest BCUT2D eigenvalue weighted by molar-refractivity contribution is 6.30. The van der Waals surface area contributed by atoms with E-state index in [0.717, 1.165) is 5.56 Å². The summed E-state index contributed by atoms with van der Waals surface area (Å²) in [5.74, 6) is -0.724. The summed E-state index contributed by atoms with van der Waals surface area (Å²) in [5.41, 5.74) is 1.75. The van der Waals surface area contributed by atoms with Crippen LogP contribution in [0.5, 0.6) is 5.75 Å². The number of carbonyl (C=O) groups is 2. The lowest BCUT2D eigenvalue weighted by molar-refractivity contribution is -0.138. The molecule has 0 bridgehead atoms. The van der Waals surface area contributed by atoms with E-state index in [4.69, 9.17) is 16.3 Å². The smallest absolute Gasteiger partial charge is 0.261 e. The van der Waals surface area contributed by atoms with Crippen molar-refractivity contribution >= 4 is 29.1 Å². The summed E-state index contributed by atoms with van der Waals surface area (Å²) in [6, 6.07) is 19.3. The van der Waals surface area contributed by atoms with Crippen molar-refractivity contribution in [2.24, 2.45) is 0 Å². The standard InChI is InChI=1S/C23H18ClFN2O3/c24-16-6-9-18(10-7-16)30-14-22(29)27-13-21(28)26-20-11-8-17(25)12-19(20)23(27)15-4-2-1-3-5-15/h1-12,23H,13-14H2,(H,26,28)/t23-/m1/s1. The maximum Gasteiger partial charge on any atom is 0.261 e. The summed E-state index contributed by atoms with van der Waals surface area (Å²) >= 11 is 5.87. The topological polar surface area (TPSA) is 58.6 Å². The van der Waals surface area contributed by atoms with E-state index in [9.17, 15) is 14.0 Å².